The van der Waals surface area contributed by atoms with Gasteiger partial charge in [-0.3, -0.25) is 4.98 Å². The maximum atomic E-state index is 10.5. The van der Waals surface area contributed by atoms with Gasteiger partial charge in [-0.25, -0.2) is 0 Å². The van der Waals surface area contributed by atoms with Crippen molar-refractivity contribution in [2.75, 3.05) is 26.2 Å². The van der Waals surface area contributed by atoms with Gasteiger partial charge < -0.3 is 15.3 Å². The Bertz CT molecular complexity index is 357. The molecule has 0 radical (unpaired) electrons. The van der Waals surface area contributed by atoms with E-state index in [1.807, 2.05) is 12.1 Å². The van der Waals surface area contributed by atoms with E-state index in [2.05, 4.69) is 22.1 Å². The van der Waals surface area contributed by atoms with E-state index in [9.17, 15) is 5.11 Å². The molecular formula is C14H23N3O. The first kappa shape index (κ1) is 13.5. The van der Waals surface area contributed by atoms with Crippen molar-refractivity contribution in [2.45, 2.75) is 31.9 Å². The van der Waals surface area contributed by atoms with Crippen molar-refractivity contribution >= 4 is 0 Å². The number of likely N-dealkylation sites (N-methyl/N-ethyl adjacent to an activating group) is 1. The monoisotopic (exact) mass is 249 g/mol. The number of piperidine rings is 1. The van der Waals surface area contributed by atoms with Crippen molar-refractivity contribution in [3.63, 3.8) is 0 Å². The lowest BCUT2D eigenvalue weighted by Gasteiger charge is -2.39. The van der Waals surface area contributed by atoms with Gasteiger partial charge in [0, 0.05) is 32.0 Å². The Balaban J connectivity index is 1.78. The Morgan fingerprint density at radius 1 is 1.44 bits per heavy atom. The van der Waals surface area contributed by atoms with Crippen LogP contribution in [0.15, 0.2) is 24.5 Å². The molecule has 2 N–H and O–H groups in total. The van der Waals surface area contributed by atoms with Gasteiger partial charge in [0.25, 0.3) is 0 Å². The minimum atomic E-state index is -0.568. The van der Waals surface area contributed by atoms with Crippen LogP contribution < -0.4 is 5.32 Å². The van der Waals surface area contributed by atoms with Crippen LogP contribution in [0.2, 0.25) is 0 Å². The Morgan fingerprint density at radius 3 is 2.94 bits per heavy atom. The highest BCUT2D eigenvalue weighted by molar-refractivity contribution is 5.09. The molecule has 0 amide bonds. The lowest BCUT2D eigenvalue weighted by Crippen LogP contribution is -2.53. The molecular weight excluding hydrogens is 226 g/mol. The predicted molar refractivity (Wildman–Crippen MR) is 72.2 cm³/mol. The Labute approximate surface area is 109 Å². The fourth-order valence-corrected chi connectivity index (χ4v) is 2.56. The van der Waals surface area contributed by atoms with Crippen LogP contribution in [0.4, 0.5) is 0 Å². The zero-order valence-electron chi connectivity index (χ0n) is 11.1. The van der Waals surface area contributed by atoms with Crippen LogP contribution in [0.5, 0.6) is 0 Å². The van der Waals surface area contributed by atoms with Gasteiger partial charge in [0.1, 0.15) is 0 Å². The van der Waals surface area contributed by atoms with E-state index in [0.29, 0.717) is 6.54 Å². The fourth-order valence-electron chi connectivity index (χ4n) is 2.56. The largest absolute Gasteiger partial charge is 0.387 e. The molecule has 1 atom stereocenters. The molecule has 0 bridgehead atoms. The summed E-state index contributed by atoms with van der Waals surface area (Å²) in [7, 11) is 0. The van der Waals surface area contributed by atoms with Crippen molar-refractivity contribution in [3.05, 3.63) is 30.1 Å². The zero-order valence-corrected chi connectivity index (χ0v) is 11.1. The zero-order chi connectivity index (χ0) is 12.8. The van der Waals surface area contributed by atoms with Crippen LogP contribution in [-0.4, -0.2) is 46.8 Å². The summed E-state index contributed by atoms with van der Waals surface area (Å²) in [6, 6.07) is 3.99. The van der Waals surface area contributed by atoms with Crippen LogP contribution in [0.1, 0.15) is 25.3 Å². The second kappa shape index (κ2) is 6.27. The molecule has 0 aliphatic carbocycles. The average Bonchev–Trinajstić information content (AvgIpc) is 2.40. The highest BCUT2D eigenvalue weighted by atomic mass is 16.3. The minimum Gasteiger partial charge on any atom is -0.387 e. The van der Waals surface area contributed by atoms with Gasteiger partial charge in [-0.2, -0.15) is 0 Å². The molecule has 1 aliphatic heterocycles. The highest BCUT2D eigenvalue weighted by Gasteiger charge is 2.31. The SMILES string of the molecule is CCN1CCC[C@@](O)(CNCc2ccncc2)C1. The normalized spacial score (nSPS) is 25.2. The van der Waals surface area contributed by atoms with Gasteiger partial charge in [-0.1, -0.05) is 6.92 Å². The molecule has 1 aromatic rings. The fraction of sp³-hybridized carbons (Fsp3) is 0.643. The number of nitrogens with zero attached hydrogens (tertiary/aromatic N) is 2. The second-order valence-corrected chi connectivity index (χ2v) is 5.16. The lowest BCUT2D eigenvalue weighted by molar-refractivity contribution is -0.0279. The van der Waals surface area contributed by atoms with Crippen LogP contribution in [-0.2, 0) is 6.54 Å². The molecule has 1 aliphatic rings. The summed E-state index contributed by atoms with van der Waals surface area (Å²) >= 11 is 0. The van der Waals surface area contributed by atoms with E-state index >= 15 is 0 Å². The van der Waals surface area contributed by atoms with Crippen molar-refractivity contribution < 1.29 is 5.11 Å². The van der Waals surface area contributed by atoms with Gasteiger partial charge in [0.2, 0.25) is 0 Å². The number of hydrogen-bond donors (Lipinski definition) is 2. The summed E-state index contributed by atoms with van der Waals surface area (Å²) in [5.41, 5.74) is 0.637. The van der Waals surface area contributed by atoms with Gasteiger partial charge in [-0.05, 0) is 43.6 Å². The molecule has 0 aromatic carbocycles. The van der Waals surface area contributed by atoms with Crippen LogP contribution in [0.25, 0.3) is 0 Å². The Hall–Kier alpha value is -0.970. The lowest BCUT2D eigenvalue weighted by atomic mass is 9.92. The van der Waals surface area contributed by atoms with Crippen molar-refractivity contribution in [1.82, 2.24) is 15.2 Å². The van der Waals surface area contributed by atoms with Gasteiger partial charge >= 0.3 is 0 Å². The third-order valence-electron chi connectivity index (χ3n) is 3.61. The van der Waals surface area contributed by atoms with Gasteiger partial charge in [-0.15, -0.1) is 0 Å². The van der Waals surface area contributed by atoms with Gasteiger partial charge in [0.15, 0.2) is 0 Å². The van der Waals surface area contributed by atoms with Crippen LogP contribution in [0, 0.1) is 0 Å². The van der Waals surface area contributed by atoms with Crippen LogP contribution in [0.3, 0.4) is 0 Å². The highest BCUT2D eigenvalue weighted by Crippen LogP contribution is 2.20. The summed E-state index contributed by atoms with van der Waals surface area (Å²) in [5.74, 6) is 0. The van der Waals surface area contributed by atoms with E-state index in [0.717, 1.165) is 39.0 Å². The Kier molecular flexibility index (Phi) is 4.69. The summed E-state index contributed by atoms with van der Waals surface area (Å²) in [6.45, 7) is 6.52. The molecule has 1 fully saturated rings. The summed E-state index contributed by atoms with van der Waals surface area (Å²) in [6.07, 6.45) is 5.57. The smallest absolute Gasteiger partial charge is 0.0898 e. The third kappa shape index (κ3) is 3.77. The van der Waals surface area contributed by atoms with E-state index in [1.165, 1.54) is 5.56 Å². The number of nitrogens with one attached hydrogen (secondary N) is 1. The molecule has 0 unspecified atom stereocenters. The quantitative estimate of drug-likeness (QED) is 0.818. The number of pyridine rings is 1. The topological polar surface area (TPSA) is 48.4 Å². The Morgan fingerprint density at radius 2 is 2.22 bits per heavy atom. The molecule has 1 aromatic heterocycles. The first-order chi connectivity index (χ1) is 8.72. The van der Waals surface area contributed by atoms with Crippen molar-refractivity contribution in [1.29, 1.82) is 0 Å². The molecule has 2 rings (SSSR count). The van der Waals surface area contributed by atoms with Gasteiger partial charge in [0.05, 0.1) is 5.60 Å². The molecule has 4 heteroatoms. The van der Waals surface area contributed by atoms with E-state index in [4.69, 9.17) is 0 Å². The standard InChI is InChI=1S/C14H23N3O/c1-2-17-9-3-6-14(18,12-17)11-16-10-13-4-7-15-8-5-13/h4-5,7-8,16,18H,2-3,6,9-12H2,1H3/t14-/m1/s1. The first-order valence-corrected chi connectivity index (χ1v) is 6.76. The number of likely N-dealkylation sites (tertiary alicyclic amines) is 1. The molecule has 1 saturated heterocycles. The molecule has 18 heavy (non-hydrogen) atoms. The average molecular weight is 249 g/mol. The molecule has 0 saturated carbocycles. The van der Waals surface area contributed by atoms with E-state index < -0.39 is 5.60 Å². The van der Waals surface area contributed by atoms with E-state index in [1.54, 1.807) is 12.4 Å². The van der Waals surface area contributed by atoms with E-state index in [-0.39, 0.29) is 0 Å². The number of hydrogen-bond acceptors (Lipinski definition) is 4. The summed E-state index contributed by atoms with van der Waals surface area (Å²) < 4.78 is 0. The number of rotatable bonds is 5. The summed E-state index contributed by atoms with van der Waals surface area (Å²) in [4.78, 5) is 6.31. The minimum absolute atomic E-state index is 0.568. The van der Waals surface area contributed by atoms with Crippen molar-refractivity contribution in [3.8, 4) is 0 Å². The van der Waals surface area contributed by atoms with Crippen LogP contribution >= 0.6 is 0 Å². The van der Waals surface area contributed by atoms with Crippen molar-refractivity contribution in [2.24, 2.45) is 0 Å². The third-order valence-corrected chi connectivity index (χ3v) is 3.61. The molecule has 0 spiro atoms. The summed E-state index contributed by atoms with van der Waals surface area (Å²) in [5, 5.41) is 13.9. The predicted octanol–water partition coefficient (Wildman–Crippen LogP) is 1.02. The number of aromatic nitrogens is 1. The molecule has 100 valence electrons. The maximum Gasteiger partial charge on any atom is 0.0898 e. The number of β-amino-alcohol motifs (C(OH)–C–C–N with tert-alkyl or cyclic N) is 1. The maximum absolute atomic E-state index is 10.5. The second-order valence-electron chi connectivity index (χ2n) is 5.16. The number of aliphatic hydroxyl groups is 1. The first-order valence-electron chi connectivity index (χ1n) is 6.76. The molecule has 2 heterocycles. The molecule has 4 nitrogen and oxygen atoms in total.